The molecule has 0 aliphatic carbocycles. The predicted molar refractivity (Wildman–Crippen MR) is 115 cm³/mol. The van der Waals surface area contributed by atoms with E-state index in [2.05, 4.69) is 62.4 Å². The molecule has 1 aromatic carbocycles. The van der Waals surface area contributed by atoms with E-state index >= 15 is 0 Å². The number of guanidine groups is 1. The number of nitrogens with one attached hydrogen (secondary N) is 2. The lowest BCUT2D eigenvalue weighted by Gasteiger charge is -2.12. The highest BCUT2D eigenvalue weighted by molar-refractivity contribution is 5.79. The number of benzene rings is 1. The van der Waals surface area contributed by atoms with Gasteiger partial charge in [-0.2, -0.15) is 0 Å². The fraction of sp³-hybridized carbons (Fsp3) is 0.591. The number of aromatic nitrogens is 3. The van der Waals surface area contributed by atoms with E-state index in [1.807, 2.05) is 7.05 Å². The Bertz CT molecular complexity index is 772. The average Bonchev–Trinajstić information content (AvgIpc) is 2.89. The maximum Gasteiger partial charge on any atom is 0.190 e. The lowest BCUT2D eigenvalue weighted by Crippen LogP contribution is -2.38. The van der Waals surface area contributed by atoms with Crippen molar-refractivity contribution >= 4 is 5.96 Å². The summed E-state index contributed by atoms with van der Waals surface area (Å²) < 4.78 is 2.34. The van der Waals surface area contributed by atoms with E-state index in [9.17, 15) is 0 Å². The summed E-state index contributed by atoms with van der Waals surface area (Å²) in [5.74, 6) is 3.17. The summed E-state index contributed by atoms with van der Waals surface area (Å²) in [6, 6.07) is 6.73. The van der Waals surface area contributed by atoms with E-state index in [-0.39, 0.29) is 0 Å². The van der Waals surface area contributed by atoms with Crippen LogP contribution in [0.5, 0.6) is 0 Å². The van der Waals surface area contributed by atoms with Crippen LogP contribution in [0.4, 0.5) is 0 Å². The van der Waals surface area contributed by atoms with Crippen molar-refractivity contribution in [3.63, 3.8) is 0 Å². The molecule has 1 aliphatic heterocycles. The molecule has 0 saturated carbocycles. The van der Waals surface area contributed by atoms with Crippen molar-refractivity contribution in [1.29, 1.82) is 0 Å². The van der Waals surface area contributed by atoms with Crippen molar-refractivity contribution in [3.05, 3.63) is 46.5 Å². The molecular weight excluding hydrogens is 348 g/mol. The summed E-state index contributed by atoms with van der Waals surface area (Å²) in [5.41, 5.74) is 4.01. The van der Waals surface area contributed by atoms with E-state index in [4.69, 9.17) is 0 Å². The molecule has 2 N–H and O–H groups in total. The van der Waals surface area contributed by atoms with Crippen LogP contribution in [0, 0.1) is 13.8 Å². The fourth-order valence-electron chi connectivity index (χ4n) is 3.94. The standard InChI is InChI=1S/C22H34N6/c1-17-14-18(2)16-19(15-17)10-12-25-22(23-3)24-11-7-9-21-27-26-20-8-5-4-6-13-28(20)21/h14-16H,4-13H2,1-3H3,(H2,23,24,25). The number of fused-ring (bicyclic) bond motifs is 1. The van der Waals surface area contributed by atoms with Crippen LogP contribution in [0.15, 0.2) is 23.2 Å². The van der Waals surface area contributed by atoms with Crippen molar-refractivity contribution in [2.24, 2.45) is 4.99 Å². The lowest BCUT2D eigenvalue weighted by atomic mass is 10.1. The quantitative estimate of drug-likeness (QED) is 0.439. The molecule has 28 heavy (non-hydrogen) atoms. The summed E-state index contributed by atoms with van der Waals surface area (Å²) in [5, 5.41) is 15.6. The lowest BCUT2D eigenvalue weighted by molar-refractivity contribution is 0.594. The third-order valence-electron chi connectivity index (χ3n) is 5.27. The third-order valence-corrected chi connectivity index (χ3v) is 5.27. The Morgan fingerprint density at radius 2 is 1.79 bits per heavy atom. The molecule has 0 radical (unpaired) electrons. The van der Waals surface area contributed by atoms with Crippen LogP contribution >= 0.6 is 0 Å². The zero-order valence-electron chi connectivity index (χ0n) is 17.6. The van der Waals surface area contributed by atoms with E-state index in [1.54, 1.807) is 0 Å². The van der Waals surface area contributed by atoms with Gasteiger partial charge >= 0.3 is 0 Å². The van der Waals surface area contributed by atoms with Crippen molar-refractivity contribution in [3.8, 4) is 0 Å². The summed E-state index contributed by atoms with van der Waals surface area (Å²) in [4.78, 5) is 4.33. The topological polar surface area (TPSA) is 67.1 Å². The first kappa shape index (κ1) is 20.4. The van der Waals surface area contributed by atoms with Gasteiger partial charge in [-0.05, 0) is 45.1 Å². The van der Waals surface area contributed by atoms with Crippen LogP contribution in [0.2, 0.25) is 0 Å². The van der Waals surface area contributed by atoms with E-state index in [0.717, 1.165) is 57.1 Å². The molecule has 0 unspecified atom stereocenters. The first-order valence-corrected chi connectivity index (χ1v) is 10.6. The van der Waals surface area contributed by atoms with Gasteiger partial charge in [-0.1, -0.05) is 35.7 Å². The second kappa shape index (κ2) is 10.2. The summed E-state index contributed by atoms with van der Waals surface area (Å²) in [6.07, 6.45) is 7.83. The van der Waals surface area contributed by atoms with Gasteiger partial charge in [-0.15, -0.1) is 10.2 Å². The molecule has 1 aliphatic rings. The minimum atomic E-state index is 0.865. The first-order chi connectivity index (χ1) is 13.7. The van der Waals surface area contributed by atoms with Gasteiger partial charge in [0.1, 0.15) is 11.6 Å². The van der Waals surface area contributed by atoms with E-state index in [0.29, 0.717) is 0 Å². The average molecular weight is 383 g/mol. The summed E-state index contributed by atoms with van der Waals surface area (Å²) in [6.45, 7) is 7.13. The largest absolute Gasteiger partial charge is 0.356 e. The highest BCUT2D eigenvalue weighted by atomic mass is 15.3. The molecule has 2 aromatic rings. The third kappa shape index (κ3) is 5.81. The molecule has 0 fully saturated rings. The smallest absolute Gasteiger partial charge is 0.190 e. The first-order valence-electron chi connectivity index (χ1n) is 10.6. The van der Waals surface area contributed by atoms with Gasteiger partial charge in [0, 0.05) is 39.5 Å². The van der Waals surface area contributed by atoms with Gasteiger partial charge in [-0.3, -0.25) is 4.99 Å². The van der Waals surface area contributed by atoms with Gasteiger partial charge in [0.05, 0.1) is 0 Å². The Balaban J connectivity index is 1.38. The summed E-state index contributed by atoms with van der Waals surface area (Å²) in [7, 11) is 1.82. The number of aliphatic imine (C=N–C) groups is 1. The zero-order chi connectivity index (χ0) is 19.8. The molecule has 0 saturated heterocycles. The fourth-order valence-corrected chi connectivity index (χ4v) is 3.94. The molecule has 6 heteroatoms. The molecule has 2 heterocycles. The molecule has 6 nitrogen and oxygen atoms in total. The Labute approximate surface area is 168 Å². The zero-order valence-corrected chi connectivity index (χ0v) is 17.6. The Hall–Kier alpha value is -2.37. The number of aryl methyl sites for hydroxylation is 4. The minimum absolute atomic E-state index is 0.865. The van der Waals surface area contributed by atoms with Crippen molar-refractivity contribution < 1.29 is 0 Å². The number of hydrogen-bond acceptors (Lipinski definition) is 3. The highest BCUT2D eigenvalue weighted by Gasteiger charge is 2.14. The predicted octanol–water partition coefficient (Wildman–Crippen LogP) is 2.96. The molecule has 0 spiro atoms. The van der Waals surface area contributed by atoms with Crippen LogP contribution < -0.4 is 10.6 Å². The SMILES string of the molecule is CN=C(NCCCc1nnc2n1CCCCC2)NCCc1cc(C)cc(C)c1. The van der Waals surface area contributed by atoms with E-state index < -0.39 is 0 Å². The molecule has 0 bridgehead atoms. The van der Waals surface area contributed by atoms with Gasteiger partial charge < -0.3 is 15.2 Å². The second-order valence-corrected chi connectivity index (χ2v) is 7.77. The monoisotopic (exact) mass is 382 g/mol. The number of rotatable bonds is 7. The summed E-state index contributed by atoms with van der Waals surface area (Å²) >= 11 is 0. The molecular formula is C22H34N6. The second-order valence-electron chi connectivity index (χ2n) is 7.77. The van der Waals surface area contributed by atoms with E-state index in [1.165, 1.54) is 41.8 Å². The molecule has 0 atom stereocenters. The van der Waals surface area contributed by atoms with Crippen molar-refractivity contribution in [2.75, 3.05) is 20.1 Å². The van der Waals surface area contributed by atoms with Crippen LogP contribution in [0.3, 0.4) is 0 Å². The Morgan fingerprint density at radius 3 is 2.57 bits per heavy atom. The van der Waals surface area contributed by atoms with Crippen LogP contribution in [0.1, 0.15) is 54.0 Å². The van der Waals surface area contributed by atoms with Gasteiger partial charge in [0.2, 0.25) is 0 Å². The molecule has 1 aromatic heterocycles. The maximum atomic E-state index is 4.41. The molecule has 3 rings (SSSR count). The van der Waals surface area contributed by atoms with Crippen LogP contribution in [-0.4, -0.2) is 40.9 Å². The Morgan fingerprint density at radius 1 is 1.00 bits per heavy atom. The Kier molecular flexibility index (Phi) is 7.46. The van der Waals surface area contributed by atoms with Gasteiger partial charge in [0.15, 0.2) is 5.96 Å². The normalized spacial score (nSPS) is 14.5. The minimum Gasteiger partial charge on any atom is -0.356 e. The van der Waals surface area contributed by atoms with Crippen molar-refractivity contribution in [2.45, 2.75) is 65.3 Å². The molecule has 0 amide bonds. The van der Waals surface area contributed by atoms with Crippen LogP contribution in [0.25, 0.3) is 0 Å². The maximum absolute atomic E-state index is 4.41. The number of nitrogens with zero attached hydrogens (tertiary/aromatic N) is 4. The van der Waals surface area contributed by atoms with Crippen LogP contribution in [-0.2, 0) is 25.8 Å². The van der Waals surface area contributed by atoms with Crippen molar-refractivity contribution in [1.82, 2.24) is 25.4 Å². The van der Waals surface area contributed by atoms with Gasteiger partial charge in [0.25, 0.3) is 0 Å². The highest BCUT2D eigenvalue weighted by Crippen LogP contribution is 2.15. The van der Waals surface area contributed by atoms with Gasteiger partial charge in [-0.25, -0.2) is 0 Å². The number of hydrogen-bond donors (Lipinski definition) is 2. The molecule has 152 valence electrons.